The Labute approximate surface area is 159 Å². The highest BCUT2D eigenvalue weighted by atomic mass is 32.1. The van der Waals surface area contributed by atoms with E-state index in [2.05, 4.69) is 19.9 Å². The summed E-state index contributed by atoms with van der Waals surface area (Å²) in [7, 11) is 0. The van der Waals surface area contributed by atoms with Gasteiger partial charge in [0.2, 0.25) is 0 Å². The molecule has 4 heterocycles. The van der Waals surface area contributed by atoms with Gasteiger partial charge < -0.3 is 0 Å². The number of pyridine rings is 1. The number of nitrogens with one attached hydrogen (secondary N) is 1. The second kappa shape index (κ2) is 6.68. The van der Waals surface area contributed by atoms with E-state index in [0.717, 1.165) is 15.4 Å². The summed E-state index contributed by atoms with van der Waals surface area (Å²) in [5, 5.41) is 2.73. The molecular formula is C17H11F3N6OS. The van der Waals surface area contributed by atoms with E-state index in [1.54, 1.807) is 31.5 Å². The molecule has 7 nitrogen and oxygen atoms in total. The van der Waals surface area contributed by atoms with Crippen LogP contribution in [0.1, 0.15) is 11.4 Å². The number of aromatic nitrogens is 6. The van der Waals surface area contributed by atoms with E-state index in [-0.39, 0.29) is 5.95 Å². The van der Waals surface area contributed by atoms with E-state index in [0.29, 0.717) is 22.1 Å². The summed E-state index contributed by atoms with van der Waals surface area (Å²) >= 11 is 1.36. The molecule has 4 aromatic rings. The van der Waals surface area contributed by atoms with Gasteiger partial charge in [-0.05, 0) is 25.1 Å². The summed E-state index contributed by atoms with van der Waals surface area (Å²) < 4.78 is 39.1. The molecule has 0 spiro atoms. The van der Waals surface area contributed by atoms with Crippen molar-refractivity contribution in [3.8, 4) is 27.1 Å². The third-order valence-electron chi connectivity index (χ3n) is 3.81. The summed E-state index contributed by atoms with van der Waals surface area (Å²) in [6, 6.07) is 5.74. The number of H-pyrrole nitrogens is 1. The van der Waals surface area contributed by atoms with Crippen LogP contribution in [-0.4, -0.2) is 29.7 Å². The molecule has 4 rings (SSSR count). The maximum Gasteiger partial charge on any atom is 0.432 e. The highest BCUT2D eigenvalue weighted by molar-refractivity contribution is 7.18. The van der Waals surface area contributed by atoms with Crippen molar-refractivity contribution in [3.05, 3.63) is 64.6 Å². The van der Waals surface area contributed by atoms with Crippen molar-refractivity contribution in [2.45, 2.75) is 13.1 Å². The van der Waals surface area contributed by atoms with Gasteiger partial charge in [0.15, 0.2) is 0 Å². The van der Waals surface area contributed by atoms with E-state index < -0.39 is 17.4 Å². The van der Waals surface area contributed by atoms with E-state index >= 15 is 0 Å². The number of aryl methyl sites for hydroxylation is 1. The fourth-order valence-corrected chi connectivity index (χ4v) is 3.55. The normalized spacial score (nSPS) is 11.7. The van der Waals surface area contributed by atoms with E-state index in [9.17, 15) is 18.0 Å². The van der Waals surface area contributed by atoms with Gasteiger partial charge in [0.25, 0.3) is 11.5 Å². The van der Waals surface area contributed by atoms with E-state index in [1.807, 2.05) is 11.2 Å². The largest absolute Gasteiger partial charge is 0.432 e. The molecular weight excluding hydrogens is 393 g/mol. The Morgan fingerprint density at radius 1 is 1.18 bits per heavy atom. The van der Waals surface area contributed by atoms with Crippen molar-refractivity contribution in [2.75, 3.05) is 0 Å². The molecule has 0 radical (unpaired) electrons. The Balaban J connectivity index is 1.76. The van der Waals surface area contributed by atoms with Crippen LogP contribution in [0.4, 0.5) is 13.2 Å². The summed E-state index contributed by atoms with van der Waals surface area (Å²) in [5.74, 6) is -0.186. The lowest BCUT2D eigenvalue weighted by molar-refractivity contribution is -0.141. The zero-order valence-electron chi connectivity index (χ0n) is 14.2. The third kappa shape index (κ3) is 3.31. The molecule has 0 bridgehead atoms. The van der Waals surface area contributed by atoms with Crippen molar-refractivity contribution in [1.29, 1.82) is 0 Å². The fraction of sp³-hybridized carbons (Fsp3) is 0.118. The predicted octanol–water partition coefficient (Wildman–Crippen LogP) is 3.47. The molecule has 0 aliphatic rings. The van der Waals surface area contributed by atoms with Gasteiger partial charge in [0.05, 0.1) is 16.3 Å². The lowest BCUT2D eigenvalue weighted by Gasteiger charge is -2.04. The van der Waals surface area contributed by atoms with Crippen LogP contribution in [0.5, 0.6) is 0 Å². The molecule has 0 aromatic carbocycles. The van der Waals surface area contributed by atoms with Gasteiger partial charge in [0, 0.05) is 30.2 Å². The Morgan fingerprint density at radius 3 is 2.68 bits per heavy atom. The Hall–Kier alpha value is -3.34. The standard InChI is InChI=1S/C17H11F3N6OS/c1-9-14(28-15(23-9)10-3-2-5-21-8-10)11-4-6-22-16(24-11)26-13(27)7-12(25-26)17(18,19)20/h2-8,25H,1H3. The first-order valence-electron chi connectivity index (χ1n) is 7.94. The van der Waals surface area contributed by atoms with Gasteiger partial charge in [0.1, 0.15) is 10.7 Å². The van der Waals surface area contributed by atoms with Gasteiger partial charge in [-0.3, -0.25) is 14.9 Å². The van der Waals surface area contributed by atoms with Crippen molar-refractivity contribution >= 4 is 11.3 Å². The minimum Gasteiger partial charge on any atom is -0.284 e. The van der Waals surface area contributed by atoms with Crippen LogP contribution in [0.25, 0.3) is 27.1 Å². The average molecular weight is 404 g/mol. The minimum atomic E-state index is -4.67. The topological polar surface area (TPSA) is 89.4 Å². The lowest BCUT2D eigenvalue weighted by atomic mass is 10.3. The summed E-state index contributed by atoms with van der Waals surface area (Å²) in [4.78, 5) is 29.4. The SMILES string of the molecule is Cc1nc(-c2cccnc2)sc1-c1ccnc(-n2[nH]c(C(F)(F)F)cc2=O)n1. The average Bonchev–Trinajstić information content (AvgIpc) is 3.25. The molecule has 0 saturated heterocycles. The second-order valence-corrected chi connectivity index (χ2v) is 6.76. The van der Waals surface area contributed by atoms with Crippen LogP contribution < -0.4 is 5.56 Å². The van der Waals surface area contributed by atoms with Crippen molar-refractivity contribution in [2.24, 2.45) is 0 Å². The van der Waals surface area contributed by atoms with Gasteiger partial charge in [-0.25, -0.2) is 15.0 Å². The molecule has 0 unspecified atom stereocenters. The summed E-state index contributed by atoms with van der Waals surface area (Å²) in [6.45, 7) is 1.80. The zero-order chi connectivity index (χ0) is 19.9. The Bertz CT molecular complexity index is 1200. The van der Waals surface area contributed by atoms with Gasteiger partial charge in [-0.1, -0.05) is 0 Å². The van der Waals surface area contributed by atoms with Gasteiger partial charge in [-0.2, -0.15) is 17.9 Å². The Kier molecular flexibility index (Phi) is 4.30. The zero-order valence-corrected chi connectivity index (χ0v) is 15.0. The summed E-state index contributed by atoms with van der Waals surface area (Å²) in [5.41, 5.74) is -0.0825. The predicted molar refractivity (Wildman–Crippen MR) is 96.1 cm³/mol. The number of hydrogen-bond donors (Lipinski definition) is 1. The highest BCUT2D eigenvalue weighted by Crippen LogP contribution is 2.34. The molecule has 0 saturated carbocycles. The molecule has 11 heteroatoms. The number of aromatic amines is 1. The maximum absolute atomic E-state index is 12.8. The van der Waals surface area contributed by atoms with Crippen molar-refractivity contribution in [1.82, 2.24) is 29.7 Å². The minimum absolute atomic E-state index is 0.186. The van der Waals surface area contributed by atoms with E-state index in [1.165, 1.54) is 17.5 Å². The molecule has 1 N–H and O–H groups in total. The Morgan fingerprint density at radius 2 is 2.00 bits per heavy atom. The van der Waals surface area contributed by atoms with E-state index in [4.69, 9.17) is 0 Å². The number of nitrogens with zero attached hydrogens (tertiary/aromatic N) is 5. The first-order chi connectivity index (χ1) is 13.3. The number of rotatable bonds is 3. The van der Waals surface area contributed by atoms with Crippen LogP contribution in [0.15, 0.2) is 47.7 Å². The third-order valence-corrected chi connectivity index (χ3v) is 5.04. The lowest BCUT2D eigenvalue weighted by Crippen LogP contribution is -2.16. The number of thiazole rings is 1. The smallest absolute Gasteiger partial charge is 0.284 e. The molecule has 0 aliphatic heterocycles. The maximum atomic E-state index is 12.8. The highest BCUT2D eigenvalue weighted by Gasteiger charge is 2.34. The van der Waals surface area contributed by atoms with Crippen LogP contribution in [-0.2, 0) is 6.18 Å². The molecule has 4 aromatic heterocycles. The van der Waals surface area contributed by atoms with Crippen LogP contribution in [0, 0.1) is 6.92 Å². The number of hydrogen-bond acceptors (Lipinski definition) is 6. The van der Waals surface area contributed by atoms with Crippen molar-refractivity contribution < 1.29 is 13.2 Å². The first kappa shape index (κ1) is 18.0. The molecule has 0 atom stereocenters. The van der Waals surface area contributed by atoms with Gasteiger partial charge in [-0.15, -0.1) is 11.3 Å². The molecule has 0 aliphatic carbocycles. The van der Waals surface area contributed by atoms with Gasteiger partial charge >= 0.3 is 6.18 Å². The monoisotopic (exact) mass is 404 g/mol. The van der Waals surface area contributed by atoms with Crippen LogP contribution in [0.2, 0.25) is 0 Å². The number of halogens is 3. The molecule has 0 fully saturated rings. The summed E-state index contributed by atoms with van der Waals surface area (Å²) in [6.07, 6.45) is 0.0471. The second-order valence-electron chi connectivity index (χ2n) is 5.76. The van der Waals surface area contributed by atoms with Crippen LogP contribution in [0.3, 0.4) is 0 Å². The molecule has 28 heavy (non-hydrogen) atoms. The molecule has 142 valence electrons. The van der Waals surface area contributed by atoms with Crippen molar-refractivity contribution in [3.63, 3.8) is 0 Å². The fourth-order valence-electron chi connectivity index (χ4n) is 2.52. The quantitative estimate of drug-likeness (QED) is 0.565. The first-order valence-corrected chi connectivity index (χ1v) is 8.75. The number of alkyl halides is 3. The van der Waals surface area contributed by atoms with Crippen LogP contribution >= 0.6 is 11.3 Å². The molecule has 0 amide bonds.